The van der Waals surface area contributed by atoms with E-state index in [0.717, 1.165) is 22.3 Å². The van der Waals surface area contributed by atoms with Crippen LogP contribution in [0.4, 0.5) is 0 Å². The highest BCUT2D eigenvalue weighted by atomic mass is 32.2. The number of carbonyl (C=O) groups excluding carboxylic acids is 1. The van der Waals surface area contributed by atoms with Crippen molar-refractivity contribution in [2.75, 3.05) is 0 Å². The van der Waals surface area contributed by atoms with Gasteiger partial charge in [-0.3, -0.25) is 4.79 Å². The maximum Gasteiger partial charge on any atom is 0.193 e. The zero-order valence-corrected chi connectivity index (χ0v) is 23.4. The molecule has 1 aliphatic heterocycles. The molecule has 186 valence electrons. The van der Waals surface area contributed by atoms with Crippen molar-refractivity contribution in [3.8, 4) is 0 Å². The second-order valence-corrected chi connectivity index (χ2v) is 14.0. The SMILES string of the molecule is CC(C)(C)c1ccc(C2(c3ccc(C(C)(C)C)cc3)SC23c2ccccc2C(=O)c2ccccc23)cc1. The molecule has 4 aromatic carbocycles. The van der Waals surface area contributed by atoms with Crippen molar-refractivity contribution in [1.82, 2.24) is 0 Å². The highest BCUT2D eigenvalue weighted by Gasteiger charge is 2.74. The highest BCUT2D eigenvalue weighted by Crippen LogP contribution is 2.82. The summed E-state index contributed by atoms with van der Waals surface area (Å²) in [6.07, 6.45) is 0. The van der Waals surface area contributed by atoms with E-state index in [9.17, 15) is 4.79 Å². The molecule has 1 spiro atoms. The number of thioether (sulfide) groups is 1. The molecule has 1 nitrogen and oxygen atoms in total. The molecule has 1 heterocycles. The minimum absolute atomic E-state index is 0.0882. The highest BCUT2D eigenvalue weighted by molar-refractivity contribution is 8.09. The lowest BCUT2D eigenvalue weighted by molar-refractivity contribution is 0.103. The lowest BCUT2D eigenvalue weighted by Crippen LogP contribution is -2.32. The standard InChI is InChI=1S/C35H34OS/c1-32(2,3)23-15-19-25(20-16-23)34(26-21-17-24(18-22-26)33(4,5)6)35(37-34)29-13-9-7-11-27(29)31(36)28-12-8-10-14-30(28)35/h7-22H,1-6H3. The van der Waals surface area contributed by atoms with Crippen LogP contribution in [0.25, 0.3) is 0 Å². The molecule has 4 aromatic rings. The quantitative estimate of drug-likeness (QED) is 0.255. The van der Waals surface area contributed by atoms with Gasteiger partial charge in [-0.05, 0) is 44.2 Å². The summed E-state index contributed by atoms with van der Waals surface area (Å²) in [6, 6.07) is 34.9. The molecule has 0 atom stereocenters. The Balaban J connectivity index is 1.63. The fraction of sp³-hybridized carbons (Fsp3) is 0.286. The van der Waals surface area contributed by atoms with Gasteiger partial charge in [0.25, 0.3) is 0 Å². The molecule has 6 rings (SSSR count). The van der Waals surface area contributed by atoms with E-state index < -0.39 is 0 Å². The minimum atomic E-state index is -0.361. The van der Waals surface area contributed by atoms with Crippen LogP contribution in [0.3, 0.4) is 0 Å². The van der Waals surface area contributed by atoms with E-state index in [1.165, 1.54) is 22.3 Å². The van der Waals surface area contributed by atoms with E-state index in [1.54, 1.807) is 0 Å². The maximum atomic E-state index is 13.6. The first-order valence-corrected chi connectivity index (χ1v) is 14.0. The summed E-state index contributed by atoms with van der Waals surface area (Å²) < 4.78 is -0.687. The number of ketones is 1. The van der Waals surface area contributed by atoms with Gasteiger partial charge in [-0.1, -0.05) is 139 Å². The van der Waals surface area contributed by atoms with Crippen molar-refractivity contribution >= 4 is 17.5 Å². The first-order valence-electron chi connectivity index (χ1n) is 13.2. The third-order valence-corrected chi connectivity index (χ3v) is 10.1. The first-order chi connectivity index (χ1) is 17.5. The Bertz CT molecular complexity index is 1400. The molecule has 0 saturated carbocycles. The molecule has 2 heteroatoms. The van der Waals surface area contributed by atoms with Crippen molar-refractivity contribution in [2.45, 2.75) is 61.9 Å². The summed E-state index contributed by atoms with van der Waals surface area (Å²) in [5.74, 6) is 0.129. The van der Waals surface area contributed by atoms with Gasteiger partial charge < -0.3 is 0 Å². The number of rotatable bonds is 2. The van der Waals surface area contributed by atoms with E-state index in [1.807, 2.05) is 36.0 Å². The van der Waals surface area contributed by atoms with Crippen LogP contribution in [0.5, 0.6) is 0 Å². The molecule has 37 heavy (non-hydrogen) atoms. The lowest BCUT2D eigenvalue weighted by Gasteiger charge is -2.32. The molecule has 0 bridgehead atoms. The number of benzene rings is 4. The summed E-state index contributed by atoms with van der Waals surface area (Å²) in [7, 11) is 0. The zero-order chi connectivity index (χ0) is 26.2. The molecule has 0 N–H and O–H groups in total. The van der Waals surface area contributed by atoms with E-state index in [2.05, 4.69) is 114 Å². The smallest absolute Gasteiger partial charge is 0.193 e. The summed E-state index contributed by atoms with van der Waals surface area (Å²) >= 11 is 1.98. The number of carbonyl (C=O) groups is 1. The molecule has 1 aliphatic carbocycles. The first kappa shape index (κ1) is 24.2. The Morgan fingerprint density at radius 3 is 1.27 bits per heavy atom. The Hall–Kier alpha value is -3.10. The van der Waals surface area contributed by atoms with Crippen LogP contribution in [-0.4, -0.2) is 5.78 Å². The molecular formula is C35H34OS. The van der Waals surface area contributed by atoms with Gasteiger partial charge in [-0.15, -0.1) is 11.8 Å². The molecule has 1 fully saturated rings. The Morgan fingerprint density at radius 1 is 0.514 bits per heavy atom. The van der Waals surface area contributed by atoms with E-state index >= 15 is 0 Å². The molecule has 0 radical (unpaired) electrons. The van der Waals surface area contributed by atoms with Gasteiger partial charge in [0, 0.05) is 11.1 Å². The van der Waals surface area contributed by atoms with Crippen LogP contribution >= 0.6 is 11.8 Å². The van der Waals surface area contributed by atoms with Crippen LogP contribution in [0, 0.1) is 0 Å². The Kier molecular flexibility index (Phi) is 5.21. The van der Waals surface area contributed by atoms with Gasteiger partial charge in [0.2, 0.25) is 0 Å². The molecule has 1 saturated heterocycles. The van der Waals surface area contributed by atoms with E-state index in [4.69, 9.17) is 0 Å². The fourth-order valence-electron chi connectivity index (χ4n) is 6.06. The summed E-state index contributed by atoms with van der Waals surface area (Å²) in [5.41, 5.74) is 9.31. The number of fused-ring (bicyclic) bond motifs is 4. The van der Waals surface area contributed by atoms with Gasteiger partial charge in [-0.25, -0.2) is 0 Å². The second kappa shape index (κ2) is 7.95. The monoisotopic (exact) mass is 502 g/mol. The summed E-state index contributed by atoms with van der Waals surface area (Å²) in [6.45, 7) is 13.6. The third kappa shape index (κ3) is 3.42. The molecule has 0 unspecified atom stereocenters. The molecule has 0 aromatic heterocycles. The summed E-state index contributed by atoms with van der Waals surface area (Å²) in [5, 5.41) is 0. The largest absolute Gasteiger partial charge is 0.289 e. The van der Waals surface area contributed by atoms with Crippen LogP contribution in [0.1, 0.15) is 90.8 Å². The van der Waals surface area contributed by atoms with Crippen molar-refractivity contribution in [2.24, 2.45) is 0 Å². The van der Waals surface area contributed by atoms with Crippen LogP contribution in [-0.2, 0) is 20.3 Å². The topological polar surface area (TPSA) is 17.1 Å². The molecule has 2 aliphatic rings. The number of hydrogen-bond acceptors (Lipinski definition) is 2. The second-order valence-electron chi connectivity index (χ2n) is 12.5. The molecular weight excluding hydrogens is 468 g/mol. The van der Waals surface area contributed by atoms with Gasteiger partial charge >= 0.3 is 0 Å². The normalized spacial score (nSPS) is 17.3. The third-order valence-electron chi connectivity index (χ3n) is 8.18. The number of hydrogen-bond donors (Lipinski definition) is 0. The summed E-state index contributed by atoms with van der Waals surface area (Å²) in [4.78, 5) is 13.6. The predicted molar refractivity (Wildman–Crippen MR) is 156 cm³/mol. The predicted octanol–water partition coefficient (Wildman–Crippen LogP) is 8.76. The van der Waals surface area contributed by atoms with E-state index in [0.29, 0.717) is 0 Å². The minimum Gasteiger partial charge on any atom is -0.289 e. The van der Waals surface area contributed by atoms with Gasteiger partial charge in [-0.2, -0.15) is 0 Å². The van der Waals surface area contributed by atoms with E-state index in [-0.39, 0.29) is 26.1 Å². The van der Waals surface area contributed by atoms with Crippen LogP contribution in [0.2, 0.25) is 0 Å². The fourth-order valence-corrected chi connectivity index (χ4v) is 8.01. The Labute approximate surface area is 225 Å². The average Bonchev–Trinajstić information content (AvgIpc) is 3.58. The molecule has 0 amide bonds. The van der Waals surface area contributed by atoms with Crippen molar-refractivity contribution < 1.29 is 4.79 Å². The maximum absolute atomic E-state index is 13.6. The van der Waals surface area contributed by atoms with Crippen molar-refractivity contribution in [3.63, 3.8) is 0 Å². The van der Waals surface area contributed by atoms with Crippen molar-refractivity contribution in [1.29, 1.82) is 0 Å². The van der Waals surface area contributed by atoms with Crippen LogP contribution < -0.4 is 0 Å². The van der Waals surface area contributed by atoms with Gasteiger partial charge in [0.05, 0.1) is 9.49 Å². The average molecular weight is 503 g/mol. The van der Waals surface area contributed by atoms with Gasteiger partial charge in [0.1, 0.15) is 0 Å². The Morgan fingerprint density at radius 2 is 0.892 bits per heavy atom. The zero-order valence-electron chi connectivity index (χ0n) is 22.6. The van der Waals surface area contributed by atoms with Crippen LogP contribution in [0.15, 0.2) is 97.1 Å². The van der Waals surface area contributed by atoms with Gasteiger partial charge in [0.15, 0.2) is 5.78 Å². The lowest BCUT2D eigenvalue weighted by atomic mass is 9.67. The van der Waals surface area contributed by atoms with Crippen molar-refractivity contribution in [3.05, 3.63) is 142 Å².